The lowest BCUT2D eigenvalue weighted by atomic mass is 9.97. The summed E-state index contributed by atoms with van der Waals surface area (Å²) in [6, 6.07) is 61.9. The molecule has 0 bridgehead atoms. The van der Waals surface area contributed by atoms with Crippen LogP contribution in [0.15, 0.2) is 217 Å². The van der Waals surface area contributed by atoms with E-state index in [0.717, 1.165) is 77.2 Å². The molecule has 0 N–H and O–H groups in total. The molecule has 0 radical (unpaired) electrons. The van der Waals surface area contributed by atoms with Crippen LogP contribution < -0.4 is 0 Å². The molecule has 0 unspecified atom stereocenters. The number of fused-ring (bicyclic) bond motifs is 10. The molecule has 0 aliphatic rings. The van der Waals surface area contributed by atoms with Crippen molar-refractivity contribution in [1.82, 2.24) is 24.1 Å². The molecule has 6 nitrogen and oxygen atoms in total. The summed E-state index contributed by atoms with van der Waals surface area (Å²) >= 11 is 0. The average molecular weight is 810 g/mol. The first-order valence-electron chi connectivity index (χ1n) is 22.9. The van der Waals surface area contributed by atoms with Gasteiger partial charge in [0.15, 0.2) is 11.6 Å². The van der Waals surface area contributed by atoms with Gasteiger partial charge in [0.2, 0.25) is 5.95 Å². The molecule has 9 aromatic carbocycles. The highest BCUT2D eigenvalue weighted by molar-refractivity contribution is 6.24. The standard InChI is InChI=1S/C57H35N5O/c1-4-18-36(19-5-1)39-24-10-13-29-46(39)61-47-30-14-11-25-41(47)43-34-35-44-42-26-12-15-31-48(42)62(54(44)53(43)61)57-59-55(38-22-8-3-9-23-38)58-56(60-57)45-28-17-33-50-52(45)51-40(27-16-32-49(51)63-50)37-20-6-2-7-21-37/h1-35H/i12D,15D,26D,31D. The van der Waals surface area contributed by atoms with E-state index in [9.17, 15) is 2.74 Å². The molecule has 0 spiro atoms. The predicted molar refractivity (Wildman–Crippen MR) is 258 cm³/mol. The van der Waals surface area contributed by atoms with Crippen LogP contribution in [0.5, 0.6) is 0 Å². The van der Waals surface area contributed by atoms with Gasteiger partial charge in [-0.3, -0.25) is 4.57 Å². The van der Waals surface area contributed by atoms with Gasteiger partial charge in [-0.1, -0.05) is 182 Å². The quantitative estimate of drug-likeness (QED) is 0.168. The van der Waals surface area contributed by atoms with Crippen LogP contribution in [-0.2, 0) is 0 Å². The van der Waals surface area contributed by atoms with Crippen LogP contribution in [0.4, 0.5) is 0 Å². The largest absolute Gasteiger partial charge is 0.456 e. The molecule has 0 aliphatic carbocycles. The van der Waals surface area contributed by atoms with E-state index >= 15 is 0 Å². The highest BCUT2D eigenvalue weighted by atomic mass is 16.3. The number of rotatable bonds is 6. The van der Waals surface area contributed by atoms with Crippen LogP contribution in [0.3, 0.4) is 0 Å². The summed E-state index contributed by atoms with van der Waals surface area (Å²) in [5, 5.41) is 4.72. The first-order chi connectivity index (χ1) is 32.9. The molecule has 63 heavy (non-hydrogen) atoms. The van der Waals surface area contributed by atoms with E-state index in [-0.39, 0.29) is 35.6 Å². The Morgan fingerprint density at radius 3 is 1.70 bits per heavy atom. The number of hydrogen-bond acceptors (Lipinski definition) is 4. The molecule has 13 aromatic rings. The lowest BCUT2D eigenvalue weighted by Gasteiger charge is -2.16. The maximum atomic E-state index is 9.64. The summed E-state index contributed by atoms with van der Waals surface area (Å²) in [4.78, 5) is 15.9. The van der Waals surface area contributed by atoms with Crippen LogP contribution in [-0.4, -0.2) is 24.1 Å². The van der Waals surface area contributed by atoms with Gasteiger partial charge in [0.25, 0.3) is 0 Å². The normalized spacial score (nSPS) is 12.7. The van der Waals surface area contributed by atoms with Crippen molar-refractivity contribution in [2.45, 2.75) is 0 Å². The van der Waals surface area contributed by atoms with Crippen LogP contribution in [0, 0.1) is 0 Å². The summed E-state index contributed by atoms with van der Waals surface area (Å²) in [5.41, 5.74) is 10.6. The van der Waals surface area contributed by atoms with Gasteiger partial charge in [0, 0.05) is 49.0 Å². The first-order valence-corrected chi connectivity index (χ1v) is 20.9. The average Bonchev–Trinajstić information content (AvgIpc) is 4.06. The minimum atomic E-state index is -0.353. The van der Waals surface area contributed by atoms with E-state index in [0.29, 0.717) is 33.5 Å². The molecular weight excluding hydrogens is 771 g/mol. The third-order valence-electron chi connectivity index (χ3n) is 12.1. The molecule has 0 aliphatic heterocycles. The maximum absolute atomic E-state index is 9.64. The van der Waals surface area contributed by atoms with Crippen molar-refractivity contribution in [3.8, 4) is 56.7 Å². The van der Waals surface area contributed by atoms with Crippen molar-refractivity contribution in [3.05, 3.63) is 212 Å². The summed E-state index contributed by atoms with van der Waals surface area (Å²) in [7, 11) is 0. The van der Waals surface area contributed by atoms with Crippen LogP contribution in [0.25, 0.3) is 122 Å². The lowest BCUT2D eigenvalue weighted by molar-refractivity contribution is 0.669. The Hall–Kier alpha value is -8.61. The maximum Gasteiger partial charge on any atom is 0.238 e. The molecule has 4 heterocycles. The van der Waals surface area contributed by atoms with Crippen LogP contribution >= 0.6 is 0 Å². The zero-order valence-electron chi connectivity index (χ0n) is 37.5. The molecule has 0 saturated carbocycles. The Kier molecular flexibility index (Phi) is 6.94. The van der Waals surface area contributed by atoms with Crippen LogP contribution in [0.2, 0.25) is 0 Å². The Balaban J connectivity index is 1.21. The van der Waals surface area contributed by atoms with Gasteiger partial charge in [-0.15, -0.1) is 0 Å². The first kappa shape index (κ1) is 31.3. The number of para-hydroxylation sites is 3. The zero-order valence-corrected chi connectivity index (χ0v) is 33.5. The van der Waals surface area contributed by atoms with Crippen molar-refractivity contribution in [2.75, 3.05) is 0 Å². The highest BCUT2D eigenvalue weighted by Gasteiger charge is 2.25. The van der Waals surface area contributed by atoms with Gasteiger partial charge in [-0.25, -0.2) is 4.98 Å². The predicted octanol–water partition coefficient (Wildman–Crippen LogP) is 14.6. The third kappa shape index (κ3) is 5.41. The van der Waals surface area contributed by atoms with E-state index in [4.69, 9.17) is 22.1 Å². The summed E-state index contributed by atoms with van der Waals surface area (Å²) in [6.45, 7) is 0. The van der Waals surface area contributed by atoms with Gasteiger partial charge in [-0.05, 0) is 47.0 Å². The van der Waals surface area contributed by atoms with Crippen molar-refractivity contribution >= 4 is 65.6 Å². The van der Waals surface area contributed by atoms with Gasteiger partial charge >= 0.3 is 0 Å². The number of nitrogens with zero attached hydrogens (tertiary/aromatic N) is 5. The van der Waals surface area contributed by atoms with Crippen LogP contribution in [0.1, 0.15) is 5.48 Å². The van der Waals surface area contributed by atoms with Crippen molar-refractivity contribution < 1.29 is 9.90 Å². The second kappa shape index (κ2) is 14.0. The fourth-order valence-corrected chi connectivity index (χ4v) is 9.44. The van der Waals surface area contributed by atoms with E-state index in [1.165, 1.54) is 0 Å². The van der Waals surface area contributed by atoms with Crippen molar-refractivity contribution in [1.29, 1.82) is 0 Å². The minimum Gasteiger partial charge on any atom is -0.456 e. The third-order valence-corrected chi connectivity index (χ3v) is 12.1. The smallest absolute Gasteiger partial charge is 0.238 e. The fourth-order valence-electron chi connectivity index (χ4n) is 9.44. The Bertz CT molecular complexity index is 4150. The molecular formula is C57H35N5O. The van der Waals surface area contributed by atoms with Gasteiger partial charge in [-0.2, -0.15) is 9.97 Å². The number of furan rings is 1. The summed E-state index contributed by atoms with van der Waals surface area (Å²) in [6.07, 6.45) is 0. The zero-order chi connectivity index (χ0) is 44.9. The molecule has 0 saturated heterocycles. The topological polar surface area (TPSA) is 61.7 Å². The SMILES string of the molecule is [2H]c1c([2H])c([2H])c2c(c1[2H])c1ccc3c4ccccc4n(-c4ccccc4-c4ccccc4)c3c1n2-c1nc(-c2ccccc2)nc(-c2cccc3oc4cccc(-c5ccccc5)c4c23)n1. The van der Waals surface area contributed by atoms with E-state index in [1.807, 2.05) is 132 Å². The van der Waals surface area contributed by atoms with Gasteiger partial charge in [0.05, 0.1) is 33.2 Å². The molecule has 0 amide bonds. The number of hydrogen-bond donors (Lipinski definition) is 0. The Morgan fingerprint density at radius 1 is 0.381 bits per heavy atom. The van der Waals surface area contributed by atoms with Gasteiger partial charge < -0.3 is 8.98 Å². The molecule has 13 rings (SSSR count). The Labute approximate surface area is 367 Å². The molecule has 0 fully saturated rings. The number of aromatic nitrogens is 5. The van der Waals surface area contributed by atoms with Gasteiger partial charge in [0.1, 0.15) is 11.2 Å². The Morgan fingerprint density at radius 2 is 0.937 bits per heavy atom. The van der Waals surface area contributed by atoms with Crippen molar-refractivity contribution in [3.63, 3.8) is 0 Å². The van der Waals surface area contributed by atoms with E-state index in [1.54, 1.807) is 0 Å². The monoisotopic (exact) mass is 809 g/mol. The molecule has 0 atom stereocenters. The second-order valence-electron chi connectivity index (χ2n) is 15.6. The molecule has 4 aromatic heterocycles. The summed E-state index contributed by atoms with van der Waals surface area (Å²) in [5.74, 6) is 0.965. The van der Waals surface area contributed by atoms with E-state index < -0.39 is 0 Å². The summed E-state index contributed by atoms with van der Waals surface area (Å²) < 4.78 is 47.8. The number of benzene rings is 9. The molecule has 6 heteroatoms. The molecule has 294 valence electrons. The fraction of sp³-hybridized carbons (Fsp3) is 0. The highest BCUT2D eigenvalue weighted by Crippen LogP contribution is 2.44. The lowest BCUT2D eigenvalue weighted by Crippen LogP contribution is -2.07. The second-order valence-corrected chi connectivity index (χ2v) is 15.6. The minimum absolute atomic E-state index is 0.146. The van der Waals surface area contributed by atoms with E-state index in [2.05, 4.69) is 65.2 Å². The van der Waals surface area contributed by atoms with Crippen molar-refractivity contribution in [2.24, 2.45) is 0 Å².